The molecule has 1 atom stereocenters. The summed E-state index contributed by atoms with van der Waals surface area (Å²) in [4.78, 5) is 11.5. The monoisotopic (exact) mass is 334 g/mol. The van der Waals surface area contributed by atoms with Gasteiger partial charge in [-0.2, -0.15) is 10.1 Å². The fourth-order valence-corrected chi connectivity index (χ4v) is 3.54. The number of hydrogen-bond donors (Lipinski definition) is 1. The van der Waals surface area contributed by atoms with Gasteiger partial charge in [0.1, 0.15) is 0 Å². The molecule has 6 heteroatoms. The number of para-hydroxylation sites is 1. The Morgan fingerprint density at radius 2 is 2.12 bits per heavy atom. The summed E-state index contributed by atoms with van der Waals surface area (Å²) in [6.45, 7) is 3.27. The maximum atomic E-state index is 4.71. The number of pyridine rings is 1. The van der Waals surface area contributed by atoms with Gasteiger partial charge in [-0.25, -0.2) is 0 Å². The van der Waals surface area contributed by atoms with E-state index in [0.717, 1.165) is 35.4 Å². The van der Waals surface area contributed by atoms with Crippen LogP contribution in [0.1, 0.15) is 32.6 Å². The van der Waals surface area contributed by atoms with Crippen LogP contribution >= 0.6 is 0 Å². The SMILES string of the molecule is CCC1CCCCN1c1cnnc(Nc2cccc3cccnc23)n1. The number of fused-ring (bicyclic) bond motifs is 1. The Bertz CT molecular complexity index is 860. The number of nitrogens with zero attached hydrogens (tertiary/aromatic N) is 5. The van der Waals surface area contributed by atoms with E-state index in [1.54, 1.807) is 12.4 Å². The Balaban J connectivity index is 1.63. The van der Waals surface area contributed by atoms with E-state index in [0.29, 0.717) is 12.0 Å². The summed E-state index contributed by atoms with van der Waals surface area (Å²) >= 11 is 0. The van der Waals surface area contributed by atoms with E-state index < -0.39 is 0 Å². The van der Waals surface area contributed by atoms with Gasteiger partial charge in [-0.15, -0.1) is 5.10 Å². The second-order valence-corrected chi connectivity index (χ2v) is 6.40. The molecule has 0 aliphatic carbocycles. The zero-order valence-corrected chi connectivity index (χ0v) is 14.4. The molecule has 128 valence electrons. The second-order valence-electron chi connectivity index (χ2n) is 6.40. The van der Waals surface area contributed by atoms with Gasteiger partial charge in [-0.1, -0.05) is 25.1 Å². The van der Waals surface area contributed by atoms with Crippen LogP contribution in [0.4, 0.5) is 17.5 Å². The highest BCUT2D eigenvalue weighted by molar-refractivity contribution is 5.91. The third kappa shape index (κ3) is 3.24. The number of aromatic nitrogens is 4. The van der Waals surface area contributed by atoms with Crippen LogP contribution in [0.5, 0.6) is 0 Å². The van der Waals surface area contributed by atoms with Crippen LogP contribution in [0.15, 0.2) is 42.7 Å². The lowest BCUT2D eigenvalue weighted by atomic mass is 10.0. The molecule has 25 heavy (non-hydrogen) atoms. The van der Waals surface area contributed by atoms with Gasteiger partial charge in [0.2, 0.25) is 5.95 Å². The molecule has 1 unspecified atom stereocenters. The molecule has 0 saturated carbocycles. The van der Waals surface area contributed by atoms with Gasteiger partial charge in [-0.3, -0.25) is 4.98 Å². The fourth-order valence-electron chi connectivity index (χ4n) is 3.54. The molecule has 0 bridgehead atoms. The van der Waals surface area contributed by atoms with Crippen molar-refractivity contribution < 1.29 is 0 Å². The second kappa shape index (κ2) is 7.01. The summed E-state index contributed by atoms with van der Waals surface area (Å²) in [6.07, 6.45) is 8.40. The van der Waals surface area contributed by atoms with Crippen LogP contribution in [0, 0.1) is 0 Å². The van der Waals surface area contributed by atoms with Gasteiger partial charge in [0.15, 0.2) is 5.82 Å². The summed E-state index contributed by atoms with van der Waals surface area (Å²) in [5.74, 6) is 1.41. The Kier molecular flexibility index (Phi) is 4.41. The molecule has 4 rings (SSSR count). The highest BCUT2D eigenvalue weighted by Crippen LogP contribution is 2.26. The smallest absolute Gasteiger partial charge is 0.249 e. The zero-order chi connectivity index (χ0) is 17.1. The van der Waals surface area contributed by atoms with Crippen LogP contribution in [0.3, 0.4) is 0 Å². The number of benzene rings is 1. The average Bonchev–Trinajstić information content (AvgIpc) is 2.68. The Morgan fingerprint density at radius 3 is 3.04 bits per heavy atom. The minimum atomic E-state index is 0.510. The van der Waals surface area contributed by atoms with Crippen LogP contribution in [-0.2, 0) is 0 Å². The zero-order valence-electron chi connectivity index (χ0n) is 14.4. The van der Waals surface area contributed by atoms with Crippen molar-refractivity contribution in [2.75, 3.05) is 16.8 Å². The molecule has 1 aromatic carbocycles. The van der Waals surface area contributed by atoms with E-state index in [4.69, 9.17) is 4.98 Å². The first-order valence-corrected chi connectivity index (χ1v) is 8.92. The topological polar surface area (TPSA) is 66.8 Å². The van der Waals surface area contributed by atoms with Crippen molar-refractivity contribution in [1.29, 1.82) is 0 Å². The van der Waals surface area contributed by atoms with E-state index in [1.165, 1.54) is 19.3 Å². The molecule has 0 amide bonds. The summed E-state index contributed by atoms with van der Waals surface area (Å²) in [5, 5.41) is 12.7. The van der Waals surface area contributed by atoms with Crippen LogP contribution in [0.25, 0.3) is 10.9 Å². The number of piperidine rings is 1. The van der Waals surface area contributed by atoms with Crippen molar-refractivity contribution in [3.8, 4) is 0 Å². The summed E-state index contributed by atoms with van der Waals surface area (Å²) in [5.41, 5.74) is 1.80. The Labute approximate surface area is 147 Å². The van der Waals surface area contributed by atoms with Crippen molar-refractivity contribution in [2.45, 2.75) is 38.6 Å². The standard InChI is InChI=1S/C19H22N6/c1-2-15-9-3-4-12-25(15)17-13-21-24-19(23-17)22-16-10-5-7-14-8-6-11-20-18(14)16/h5-8,10-11,13,15H,2-4,9,12H2,1H3,(H,22,23,24). The molecule has 1 aliphatic rings. The third-order valence-electron chi connectivity index (χ3n) is 4.82. The minimum absolute atomic E-state index is 0.510. The van der Waals surface area contributed by atoms with E-state index in [9.17, 15) is 0 Å². The molecule has 0 spiro atoms. The Hall–Kier alpha value is -2.76. The number of nitrogens with one attached hydrogen (secondary N) is 1. The largest absolute Gasteiger partial charge is 0.352 e. The van der Waals surface area contributed by atoms with Gasteiger partial charge >= 0.3 is 0 Å². The Morgan fingerprint density at radius 1 is 1.20 bits per heavy atom. The first-order chi connectivity index (χ1) is 12.3. The quantitative estimate of drug-likeness (QED) is 0.780. The highest BCUT2D eigenvalue weighted by atomic mass is 15.3. The summed E-state index contributed by atoms with van der Waals surface area (Å²) in [7, 11) is 0. The fraction of sp³-hybridized carbons (Fsp3) is 0.368. The average molecular weight is 334 g/mol. The van der Waals surface area contributed by atoms with E-state index >= 15 is 0 Å². The van der Waals surface area contributed by atoms with Crippen LogP contribution in [-0.4, -0.2) is 32.8 Å². The lowest BCUT2D eigenvalue weighted by Crippen LogP contribution is -2.39. The van der Waals surface area contributed by atoms with E-state index in [-0.39, 0.29) is 0 Å². The first kappa shape index (κ1) is 15.7. The van der Waals surface area contributed by atoms with Crippen LogP contribution in [0.2, 0.25) is 0 Å². The molecular weight excluding hydrogens is 312 g/mol. The van der Waals surface area contributed by atoms with Gasteiger partial charge in [0, 0.05) is 24.2 Å². The molecule has 6 nitrogen and oxygen atoms in total. The molecule has 1 saturated heterocycles. The predicted molar refractivity (Wildman–Crippen MR) is 100 cm³/mol. The van der Waals surface area contributed by atoms with Crippen molar-refractivity contribution in [3.05, 3.63) is 42.7 Å². The normalized spacial score (nSPS) is 17.6. The van der Waals surface area contributed by atoms with Crippen molar-refractivity contribution in [3.63, 3.8) is 0 Å². The van der Waals surface area contributed by atoms with E-state index in [2.05, 4.69) is 32.3 Å². The molecule has 1 aliphatic heterocycles. The first-order valence-electron chi connectivity index (χ1n) is 8.92. The molecular formula is C19H22N6. The van der Waals surface area contributed by atoms with Crippen LogP contribution < -0.4 is 10.2 Å². The van der Waals surface area contributed by atoms with Gasteiger partial charge in [0.25, 0.3) is 0 Å². The maximum Gasteiger partial charge on any atom is 0.249 e. The van der Waals surface area contributed by atoms with Crippen molar-refractivity contribution >= 4 is 28.4 Å². The predicted octanol–water partition coefficient (Wildman–Crippen LogP) is 3.93. The maximum absolute atomic E-state index is 4.71. The molecule has 1 fully saturated rings. The van der Waals surface area contributed by atoms with Gasteiger partial charge < -0.3 is 10.2 Å². The van der Waals surface area contributed by atoms with E-state index in [1.807, 2.05) is 30.3 Å². The summed E-state index contributed by atoms with van der Waals surface area (Å²) < 4.78 is 0. The molecule has 3 aromatic rings. The van der Waals surface area contributed by atoms with Crippen molar-refractivity contribution in [1.82, 2.24) is 20.2 Å². The molecule has 1 N–H and O–H groups in total. The third-order valence-corrected chi connectivity index (χ3v) is 4.82. The molecule has 2 aromatic heterocycles. The number of anilines is 3. The minimum Gasteiger partial charge on any atom is -0.352 e. The molecule has 0 radical (unpaired) electrons. The summed E-state index contributed by atoms with van der Waals surface area (Å²) in [6, 6.07) is 10.6. The lowest BCUT2D eigenvalue weighted by molar-refractivity contribution is 0.446. The number of rotatable bonds is 4. The van der Waals surface area contributed by atoms with Crippen molar-refractivity contribution in [2.24, 2.45) is 0 Å². The van der Waals surface area contributed by atoms with Gasteiger partial charge in [0.05, 0.1) is 17.4 Å². The van der Waals surface area contributed by atoms with Gasteiger partial charge in [-0.05, 0) is 37.8 Å². The lowest BCUT2D eigenvalue weighted by Gasteiger charge is -2.35. The molecule has 3 heterocycles. The highest BCUT2D eigenvalue weighted by Gasteiger charge is 2.22. The number of hydrogen-bond acceptors (Lipinski definition) is 6.